The average molecular weight is 285 g/mol. The summed E-state index contributed by atoms with van der Waals surface area (Å²) in [5, 5.41) is 0. The normalized spacial score (nSPS) is 20.2. The van der Waals surface area contributed by atoms with Gasteiger partial charge in [-0.15, -0.1) is 0 Å². The van der Waals surface area contributed by atoms with Gasteiger partial charge in [0.1, 0.15) is 0 Å². The highest BCUT2D eigenvalue weighted by Gasteiger charge is 2.28. The Morgan fingerprint density at radius 3 is 2.52 bits per heavy atom. The van der Waals surface area contributed by atoms with Crippen molar-refractivity contribution >= 4 is 5.78 Å². The Kier molecular flexibility index (Phi) is 4.74. The van der Waals surface area contributed by atoms with Gasteiger partial charge >= 0.3 is 0 Å². The third-order valence-electron chi connectivity index (χ3n) is 5.08. The van der Waals surface area contributed by atoms with Crippen LogP contribution in [0.1, 0.15) is 66.9 Å². The van der Waals surface area contributed by atoms with Gasteiger partial charge in [-0.05, 0) is 75.2 Å². The number of carbonyl (C=O) groups is 1. The van der Waals surface area contributed by atoms with Crippen molar-refractivity contribution in [3.05, 3.63) is 34.9 Å². The van der Waals surface area contributed by atoms with Crippen molar-refractivity contribution < 1.29 is 4.79 Å². The molecule has 1 atom stereocenters. The second-order valence-electron chi connectivity index (χ2n) is 6.60. The minimum atomic E-state index is 0.110. The predicted octanol–water partition coefficient (Wildman–Crippen LogP) is 4.01. The summed E-state index contributed by atoms with van der Waals surface area (Å²) in [6.45, 7) is 4.38. The van der Waals surface area contributed by atoms with Crippen LogP contribution in [0.2, 0.25) is 0 Å². The SMILES string of the molecule is CCC[C@H](C(=O)c1ccc2c(c1)CCCC2)N1CCCC1. The van der Waals surface area contributed by atoms with Gasteiger partial charge in [0.25, 0.3) is 0 Å². The van der Waals surface area contributed by atoms with E-state index in [-0.39, 0.29) is 6.04 Å². The number of likely N-dealkylation sites (tertiary alicyclic amines) is 1. The maximum atomic E-state index is 13.0. The van der Waals surface area contributed by atoms with E-state index in [9.17, 15) is 4.79 Å². The Morgan fingerprint density at radius 1 is 1.10 bits per heavy atom. The number of ketones is 1. The molecular formula is C19H27NO. The summed E-state index contributed by atoms with van der Waals surface area (Å²) in [5.41, 5.74) is 3.83. The lowest BCUT2D eigenvalue weighted by molar-refractivity contribution is 0.0837. The van der Waals surface area contributed by atoms with E-state index in [1.54, 1.807) is 0 Å². The molecule has 2 aliphatic rings. The van der Waals surface area contributed by atoms with Crippen molar-refractivity contribution in [1.29, 1.82) is 0 Å². The number of rotatable bonds is 5. The molecule has 1 aromatic carbocycles. The molecule has 3 rings (SSSR count). The fourth-order valence-electron chi connectivity index (χ4n) is 3.89. The van der Waals surface area contributed by atoms with E-state index in [4.69, 9.17) is 0 Å². The molecule has 21 heavy (non-hydrogen) atoms. The lowest BCUT2D eigenvalue weighted by atomic mass is 9.88. The highest BCUT2D eigenvalue weighted by Crippen LogP contribution is 2.25. The topological polar surface area (TPSA) is 20.3 Å². The van der Waals surface area contributed by atoms with Crippen LogP contribution in [0.15, 0.2) is 18.2 Å². The first kappa shape index (κ1) is 14.8. The second-order valence-corrected chi connectivity index (χ2v) is 6.60. The summed E-state index contributed by atoms with van der Waals surface area (Å²) in [6, 6.07) is 6.58. The molecule has 0 spiro atoms. The number of hydrogen-bond acceptors (Lipinski definition) is 2. The van der Waals surface area contributed by atoms with Gasteiger partial charge in [0, 0.05) is 5.56 Å². The van der Waals surface area contributed by atoms with Crippen LogP contribution in [0.3, 0.4) is 0 Å². The summed E-state index contributed by atoms with van der Waals surface area (Å²) in [5.74, 6) is 0.354. The summed E-state index contributed by atoms with van der Waals surface area (Å²) in [4.78, 5) is 15.4. The lowest BCUT2D eigenvalue weighted by Crippen LogP contribution is -2.39. The largest absolute Gasteiger partial charge is 0.293 e. The quantitative estimate of drug-likeness (QED) is 0.762. The molecule has 1 aliphatic carbocycles. The fraction of sp³-hybridized carbons (Fsp3) is 0.632. The Balaban J connectivity index is 1.81. The van der Waals surface area contributed by atoms with E-state index in [1.807, 2.05) is 0 Å². The molecule has 0 saturated carbocycles. The van der Waals surface area contributed by atoms with Crippen molar-refractivity contribution in [2.75, 3.05) is 13.1 Å². The van der Waals surface area contributed by atoms with Crippen LogP contribution in [0.25, 0.3) is 0 Å². The molecule has 0 aromatic heterocycles. The van der Waals surface area contributed by atoms with Crippen LogP contribution >= 0.6 is 0 Å². The van der Waals surface area contributed by atoms with Crippen LogP contribution in [-0.2, 0) is 12.8 Å². The van der Waals surface area contributed by atoms with Crippen molar-refractivity contribution in [1.82, 2.24) is 4.90 Å². The number of hydrogen-bond donors (Lipinski definition) is 0. The van der Waals surface area contributed by atoms with E-state index in [1.165, 1.54) is 43.2 Å². The standard InChI is InChI=1S/C19H27NO/c1-2-7-18(20-12-5-6-13-20)19(21)17-11-10-15-8-3-4-9-16(15)14-17/h10-11,14,18H,2-9,12-13H2,1H3/t18-/m1/s1. The molecule has 1 aliphatic heterocycles. The Labute approximate surface area is 128 Å². The van der Waals surface area contributed by atoms with Crippen molar-refractivity contribution in [2.24, 2.45) is 0 Å². The molecular weight excluding hydrogens is 258 g/mol. The Bertz CT molecular complexity index is 502. The number of Topliss-reactive ketones (excluding diaryl/α,β-unsaturated/α-hetero) is 1. The van der Waals surface area contributed by atoms with Crippen LogP contribution < -0.4 is 0 Å². The number of aryl methyl sites for hydroxylation is 2. The van der Waals surface area contributed by atoms with Crippen molar-refractivity contribution in [3.8, 4) is 0 Å². The maximum Gasteiger partial charge on any atom is 0.179 e. The number of benzene rings is 1. The molecule has 0 unspecified atom stereocenters. The van der Waals surface area contributed by atoms with Crippen LogP contribution in [0, 0.1) is 0 Å². The highest BCUT2D eigenvalue weighted by molar-refractivity contribution is 6.00. The summed E-state index contributed by atoms with van der Waals surface area (Å²) in [7, 11) is 0. The first-order valence-electron chi connectivity index (χ1n) is 8.69. The molecule has 1 saturated heterocycles. The zero-order valence-electron chi connectivity index (χ0n) is 13.2. The van der Waals surface area contributed by atoms with Crippen LogP contribution in [-0.4, -0.2) is 29.8 Å². The van der Waals surface area contributed by atoms with E-state index in [2.05, 4.69) is 30.0 Å². The third-order valence-corrected chi connectivity index (χ3v) is 5.08. The van der Waals surface area contributed by atoms with E-state index < -0.39 is 0 Å². The Morgan fingerprint density at radius 2 is 1.81 bits per heavy atom. The molecule has 1 fully saturated rings. The van der Waals surface area contributed by atoms with E-state index in [0.29, 0.717) is 5.78 Å². The minimum absolute atomic E-state index is 0.110. The van der Waals surface area contributed by atoms with Gasteiger partial charge in [0.2, 0.25) is 0 Å². The number of fused-ring (bicyclic) bond motifs is 1. The molecule has 0 radical (unpaired) electrons. The van der Waals surface area contributed by atoms with Gasteiger partial charge in [0.15, 0.2) is 5.78 Å². The first-order chi connectivity index (χ1) is 10.3. The van der Waals surface area contributed by atoms with E-state index >= 15 is 0 Å². The minimum Gasteiger partial charge on any atom is -0.293 e. The van der Waals surface area contributed by atoms with Crippen molar-refractivity contribution in [2.45, 2.75) is 64.3 Å². The van der Waals surface area contributed by atoms with Crippen LogP contribution in [0.4, 0.5) is 0 Å². The molecule has 2 heteroatoms. The molecule has 1 heterocycles. The highest BCUT2D eigenvalue weighted by atomic mass is 16.1. The maximum absolute atomic E-state index is 13.0. The average Bonchev–Trinajstić information content (AvgIpc) is 3.05. The van der Waals surface area contributed by atoms with Crippen molar-refractivity contribution in [3.63, 3.8) is 0 Å². The van der Waals surface area contributed by atoms with Crippen LogP contribution in [0.5, 0.6) is 0 Å². The fourth-order valence-corrected chi connectivity index (χ4v) is 3.89. The molecule has 0 amide bonds. The molecule has 2 nitrogen and oxygen atoms in total. The zero-order valence-corrected chi connectivity index (χ0v) is 13.2. The molecule has 114 valence electrons. The number of nitrogens with zero attached hydrogens (tertiary/aromatic N) is 1. The lowest BCUT2D eigenvalue weighted by Gasteiger charge is -2.26. The molecule has 0 bridgehead atoms. The van der Waals surface area contributed by atoms with Gasteiger partial charge in [0.05, 0.1) is 6.04 Å². The van der Waals surface area contributed by atoms with Gasteiger partial charge in [-0.3, -0.25) is 9.69 Å². The molecule has 0 N–H and O–H groups in total. The van der Waals surface area contributed by atoms with Gasteiger partial charge in [-0.1, -0.05) is 25.5 Å². The van der Waals surface area contributed by atoms with E-state index in [0.717, 1.165) is 37.9 Å². The monoisotopic (exact) mass is 285 g/mol. The van der Waals surface area contributed by atoms with Gasteiger partial charge in [-0.25, -0.2) is 0 Å². The smallest absolute Gasteiger partial charge is 0.179 e. The first-order valence-corrected chi connectivity index (χ1v) is 8.69. The van der Waals surface area contributed by atoms with Gasteiger partial charge in [-0.2, -0.15) is 0 Å². The van der Waals surface area contributed by atoms with Gasteiger partial charge < -0.3 is 0 Å². The number of carbonyl (C=O) groups excluding carboxylic acids is 1. The summed E-state index contributed by atoms with van der Waals surface area (Å²) < 4.78 is 0. The summed E-state index contributed by atoms with van der Waals surface area (Å²) in [6.07, 6.45) is 9.48. The third kappa shape index (κ3) is 3.21. The predicted molar refractivity (Wildman–Crippen MR) is 86.9 cm³/mol. The Hall–Kier alpha value is -1.15. The summed E-state index contributed by atoms with van der Waals surface area (Å²) >= 11 is 0. The molecule has 1 aromatic rings. The second kappa shape index (κ2) is 6.74. The zero-order chi connectivity index (χ0) is 14.7.